The zero-order chi connectivity index (χ0) is 15.9. The van der Waals surface area contributed by atoms with E-state index in [1.807, 2.05) is 18.5 Å². The molecule has 0 bridgehead atoms. The molecule has 0 aliphatic rings. The van der Waals surface area contributed by atoms with Crippen molar-refractivity contribution in [2.45, 2.75) is 19.6 Å². The van der Waals surface area contributed by atoms with Crippen LogP contribution >= 0.6 is 11.3 Å². The maximum absolute atomic E-state index is 11.2. The lowest BCUT2D eigenvalue weighted by molar-refractivity contribution is 0.0746. The Hall–Kier alpha value is -1.69. The zero-order valence-corrected chi connectivity index (χ0v) is 13.7. The summed E-state index contributed by atoms with van der Waals surface area (Å²) in [6.07, 6.45) is -0.558. The summed E-state index contributed by atoms with van der Waals surface area (Å²) in [4.78, 5) is 14.5. The van der Waals surface area contributed by atoms with Crippen LogP contribution in [0, 0.1) is 0 Å². The van der Waals surface area contributed by atoms with Gasteiger partial charge in [0.1, 0.15) is 18.5 Å². The fourth-order valence-electron chi connectivity index (χ4n) is 2.12. The maximum Gasteiger partial charge on any atom is 0.159 e. The van der Waals surface area contributed by atoms with Crippen LogP contribution in [0.5, 0.6) is 5.75 Å². The lowest BCUT2D eigenvalue weighted by Crippen LogP contribution is -2.32. The molecule has 0 aliphatic heterocycles. The number of ketones is 1. The van der Waals surface area contributed by atoms with Gasteiger partial charge in [-0.3, -0.25) is 9.69 Å². The predicted octanol–water partition coefficient (Wildman–Crippen LogP) is 2.82. The van der Waals surface area contributed by atoms with E-state index in [2.05, 4.69) is 11.0 Å². The highest BCUT2D eigenvalue weighted by atomic mass is 32.1. The summed E-state index contributed by atoms with van der Waals surface area (Å²) in [5.74, 6) is 0.687. The number of carbonyl (C=O) groups is 1. The predicted molar refractivity (Wildman–Crippen MR) is 88.6 cm³/mol. The summed E-state index contributed by atoms with van der Waals surface area (Å²) in [5, 5.41) is 12.1. The van der Waals surface area contributed by atoms with E-state index in [1.54, 1.807) is 35.6 Å². The monoisotopic (exact) mass is 319 g/mol. The van der Waals surface area contributed by atoms with Crippen LogP contribution in [-0.4, -0.2) is 42.1 Å². The van der Waals surface area contributed by atoms with Crippen LogP contribution in [0.15, 0.2) is 41.8 Å². The first-order valence-corrected chi connectivity index (χ1v) is 8.05. The number of aliphatic hydroxyl groups excluding tert-OH is 1. The molecule has 1 aromatic heterocycles. The van der Waals surface area contributed by atoms with Gasteiger partial charge in [0, 0.05) is 23.5 Å². The first-order valence-electron chi connectivity index (χ1n) is 7.17. The van der Waals surface area contributed by atoms with Crippen LogP contribution in [0.25, 0.3) is 0 Å². The highest BCUT2D eigenvalue weighted by Gasteiger charge is 2.10. The SMILES string of the molecule is CC(=O)c1ccc(OC[C@@H](O)CN(C)Cc2cccs2)cc1. The number of nitrogens with zero attached hydrogens (tertiary/aromatic N) is 1. The summed E-state index contributed by atoms with van der Waals surface area (Å²) in [6, 6.07) is 11.1. The molecule has 0 spiro atoms. The minimum Gasteiger partial charge on any atom is -0.491 e. The standard InChI is InChI=1S/C17H21NO3S/c1-13(19)14-5-7-16(8-6-14)21-12-15(20)10-18(2)11-17-4-3-9-22-17/h3-9,15,20H,10-12H2,1-2H3/t15-/m0/s1. The second-order valence-electron chi connectivity index (χ2n) is 5.32. The summed E-state index contributed by atoms with van der Waals surface area (Å²) in [5.41, 5.74) is 0.656. The molecule has 2 aromatic rings. The summed E-state index contributed by atoms with van der Waals surface area (Å²) >= 11 is 1.71. The average Bonchev–Trinajstić information content (AvgIpc) is 2.98. The Morgan fingerprint density at radius 2 is 2.05 bits per heavy atom. The van der Waals surface area contributed by atoms with Gasteiger partial charge in [-0.25, -0.2) is 0 Å². The smallest absolute Gasteiger partial charge is 0.159 e. The molecule has 0 saturated carbocycles. The van der Waals surface area contributed by atoms with Crippen molar-refractivity contribution in [3.05, 3.63) is 52.2 Å². The zero-order valence-electron chi connectivity index (χ0n) is 12.9. The highest BCUT2D eigenvalue weighted by molar-refractivity contribution is 7.09. The molecule has 2 rings (SSSR count). The van der Waals surface area contributed by atoms with Crippen LogP contribution in [0.1, 0.15) is 22.2 Å². The second-order valence-corrected chi connectivity index (χ2v) is 6.35. The van der Waals surface area contributed by atoms with E-state index < -0.39 is 6.10 Å². The fourth-order valence-corrected chi connectivity index (χ4v) is 2.91. The molecule has 118 valence electrons. The Labute approximate surface area is 135 Å². The van der Waals surface area contributed by atoms with Crippen molar-refractivity contribution in [3.63, 3.8) is 0 Å². The molecule has 4 nitrogen and oxygen atoms in total. The summed E-state index contributed by atoms with van der Waals surface area (Å²) in [6.45, 7) is 3.13. The number of carbonyl (C=O) groups excluding carboxylic acids is 1. The molecule has 1 aromatic carbocycles. The van der Waals surface area contributed by atoms with E-state index in [-0.39, 0.29) is 12.4 Å². The molecule has 0 radical (unpaired) electrons. The number of hydrogen-bond donors (Lipinski definition) is 1. The van der Waals surface area contributed by atoms with Crippen LogP contribution in [0.4, 0.5) is 0 Å². The Bertz CT molecular complexity index is 580. The average molecular weight is 319 g/mol. The number of thiophene rings is 1. The third-order valence-corrected chi connectivity index (χ3v) is 4.09. The molecule has 5 heteroatoms. The van der Waals surface area contributed by atoms with Crippen LogP contribution < -0.4 is 4.74 Å². The third kappa shape index (κ3) is 5.26. The fraction of sp³-hybridized carbons (Fsp3) is 0.353. The van der Waals surface area contributed by atoms with Crippen LogP contribution in [0.3, 0.4) is 0 Å². The lowest BCUT2D eigenvalue weighted by atomic mass is 10.1. The van der Waals surface area contributed by atoms with E-state index in [0.717, 1.165) is 6.54 Å². The van der Waals surface area contributed by atoms with Gasteiger partial charge in [-0.1, -0.05) is 6.07 Å². The van der Waals surface area contributed by atoms with Crippen molar-refractivity contribution in [1.82, 2.24) is 4.90 Å². The first-order chi connectivity index (χ1) is 10.5. The van der Waals surface area contributed by atoms with Crippen molar-refractivity contribution < 1.29 is 14.6 Å². The largest absolute Gasteiger partial charge is 0.491 e. The van der Waals surface area contributed by atoms with Crippen molar-refractivity contribution >= 4 is 17.1 Å². The van der Waals surface area contributed by atoms with E-state index >= 15 is 0 Å². The first kappa shape index (κ1) is 16.7. The Morgan fingerprint density at radius 1 is 1.32 bits per heavy atom. The minimum atomic E-state index is -0.558. The molecular formula is C17H21NO3S. The van der Waals surface area contributed by atoms with Crippen LogP contribution in [-0.2, 0) is 6.54 Å². The molecule has 1 heterocycles. The van der Waals surface area contributed by atoms with Crippen molar-refractivity contribution in [3.8, 4) is 5.75 Å². The van der Waals surface area contributed by atoms with Gasteiger partial charge >= 0.3 is 0 Å². The number of hydrogen-bond acceptors (Lipinski definition) is 5. The molecule has 0 aliphatic carbocycles. The third-order valence-electron chi connectivity index (χ3n) is 3.23. The molecule has 1 N–H and O–H groups in total. The Kier molecular flexibility index (Phi) is 6.12. The van der Waals surface area contributed by atoms with E-state index in [4.69, 9.17) is 4.74 Å². The maximum atomic E-state index is 11.2. The molecule has 0 fully saturated rings. The lowest BCUT2D eigenvalue weighted by Gasteiger charge is -2.20. The van der Waals surface area contributed by atoms with Gasteiger partial charge in [0.15, 0.2) is 5.78 Å². The van der Waals surface area contributed by atoms with Gasteiger partial charge in [-0.2, -0.15) is 0 Å². The van der Waals surface area contributed by atoms with Crippen molar-refractivity contribution in [1.29, 1.82) is 0 Å². The normalized spacial score (nSPS) is 12.4. The number of ether oxygens (including phenoxy) is 1. The number of rotatable bonds is 8. The van der Waals surface area contributed by atoms with E-state index in [9.17, 15) is 9.90 Å². The van der Waals surface area contributed by atoms with E-state index in [1.165, 1.54) is 11.8 Å². The molecule has 0 amide bonds. The van der Waals surface area contributed by atoms with E-state index in [0.29, 0.717) is 17.9 Å². The van der Waals surface area contributed by atoms with Crippen LogP contribution in [0.2, 0.25) is 0 Å². The van der Waals surface area contributed by atoms with Gasteiger partial charge in [0.2, 0.25) is 0 Å². The molecular weight excluding hydrogens is 298 g/mol. The molecule has 0 saturated heterocycles. The number of aliphatic hydroxyl groups is 1. The molecule has 1 atom stereocenters. The van der Waals surface area contributed by atoms with Gasteiger partial charge in [-0.05, 0) is 49.7 Å². The molecule has 0 unspecified atom stereocenters. The number of likely N-dealkylation sites (N-methyl/N-ethyl adjacent to an activating group) is 1. The van der Waals surface area contributed by atoms with Gasteiger partial charge < -0.3 is 9.84 Å². The Balaban J connectivity index is 1.74. The highest BCUT2D eigenvalue weighted by Crippen LogP contribution is 2.14. The number of Topliss-reactive ketones (excluding diaryl/α,β-unsaturated/α-hetero) is 1. The van der Waals surface area contributed by atoms with Gasteiger partial charge in [0.25, 0.3) is 0 Å². The topological polar surface area (TPSA) is 49.8 Å². The second kappa shape index (κ2) is 8.08. The number of benzene rings is 1. The van der Waals surface area contributed by atoms with Crippen molar-refractivity contribution in [2.75, 3.05) is 20.2 Å². The Morgan fingerprint density at radius 3 is 2.64 bits per heavy atom. The van der Waals surface area contributed by atoms with Crippen molar-refractivity contribution in [2.24, 2.45) is 0 Å². The minimum absolute atomic E-state index is 0.0294. The molecule has 22 heavy (non-hydrogen) atoms. The van der Waals surface area contributed by atoms with Gasteiger partial charge in [-0.15, -0.1) is 11.3 Å². The van der Waals surface area contributed by atoms with Gasteiger partial charge in [0.05, 0.1) is 0 Å². The quantitative estimate of drug-likeness (QED) is 0.760. The summed E-state index contributed by atoms with van der Waals surface area (Å²) in [7, 11) is 1.98. The summed E-state index contributed by atoms with van der Waals surface area (Å²) < 4.78 is 5.55.